The molecule has 1 aromatic heterocycles. The van der Waals surface area contributed by atoms with Crippen LogP contribution in [0.2, 0.25) is 0 Å². The Morgan fingerprint density at radius 1 is 1.50 bits per heavy atom. The van der Waals surface area contributed by atoms with Crippen molar-refractivity contribution in [3.63, 3.8) is 0 Å². The molecule has 0 aliphatic rings. The largest absolute Gasteiger partial charge is 0.480 e. The molecule has 0 bridgehead atoms. The smallest absolute Gasteiger partial charge is 0.326 e. The van der Waals surface area contributed by atoms with Crippen LogP contribution in [0.1, 0.15) is 45.9 Å². The van der Waals surface area contributed by atoms with Crippen LogP contribution in [0.3, 0.4) is 0 Å². The first-order chi connectivity index (χ1) is 8.52. The fourth-order valence-corrected chi connectivity index (χ4v) is 2.22. The summed E-state index contributed by atoms with van der Waals surface area (Å²) in [6.07, 6.45) is 3.32. The molecule has 5 nitrogen and oxygen atoms in total. The monoisotopic (exact) mass is 271 g/mol. The third kappa shape index (κ3) is 5.00. The summed E-state index contributed by atoms with van der Waals surface area (Å²) in [5.74, 6) is 0.462. The third-order valence-electron chi connectivity index (χ3n) is 2.50. The van der Waals surface area contributed by atoms with Crippen LogP contribution in [0.25, 0.3) is 0 Å². The zero-order valence-electron chi connectivity index (χ0n) is 11.1. The van der Waals surface area contributed by atoms with Crippen molar-refractivity contribution in [2.45, 2.75) is 52.5 Å². The summed E-state index contributed by atoms with van der Waals surface area (Å²) in [6.45, 7) is 6.26. The van der Waals surface area contributed by atoms with Crippen LogP contribution >= 0.6 is 11.5 Å². The minimum absolute atomic E-state index is 0.503. The van der Waals surface area contributed by atoms with Gasteiger partial charge in [-0.1, -0.05) is 33.6 Å². The van der Waals surface area contributed by atoms with Crippen LogP contribution in [0.4, 0.5) is 5.13 Å². The van der Waals surface area contributed by atoms with Crippen molar-refractivity contribution >= 4 is 22.6 Å². The number of anilines is 1. The van der Waals surface area contributed by atoms with E-state index in [1.807, 2.05) is 6.92 Å². The minimum Gasteiger partial charge on any atom is -0.480 e. The molecule has 1 aromatic rings. The van der Waals surface area contributed by atoms with E-state index in [9.17, 15) is 4.79 Å². The highest BCUT2D eigenvalue weighted by Crippen LogP contribution is 2.16. The van der Waals surface area contributed by atoms with Crippen LogP contribution < -0.4 is 5.32 Å². The number of aromatic nitrogens is 2. The highest BCUT2D eigenvalue weighted by atomic mass is 32.1. The molecule has 0 spiro atoms. The number of carbonyl (C=O) groups is 1. The number of hydrogen-bond acceptors (Lipinski definition) is 5. The van der Waals surface area contributed by atoms with E-state index in [0.29, 0.717) is 17.5 Å². The van der Waals surface area contributed by atoms with E-state index in [1.54, 1.807) is 0 Å². The lowest BCUT2D eigenvalue weighted by molar-refractivity contribution is -0.138. The fourth-order valence-electron chi connectivity index (χ4n) is 1.58. The Bertz CT molecular complexity index is 379. The Balaban J connectivity index is 2.57. The molecular weight excluding hydrogens is 250 g/mol. The van der Waals surface area contributed by atoms with Gasteiger partial charge in [-0.25, -0.2) is 9.78 Å². The van der Waals surface area contributed by atoms with Crippen LogP contribution in [0.15, 0.2) is 0 Å². The Morgan fingerprint density at radius 2 is 2.22 bits per heavy atom. The van der Waals surface area contributed by atoms with E-state index < -0.39 is 12.0 Å². The Kier molecular flexibility index (Phi) is 6.04. The van der Waals surface area contributed by atoms with Crippen molar-refractivity contribution in [2.75, 3.05) is 5.32 Å². The van der Waals surface area contributed by atoms with E-state index >= 15 is 0 Å². The lowest BCUT2D eigenvalue weighted by Crippen LogP contribution is -2.29. The first-order valence-corrected chi connectivity index (χ1v) is 7.12. The summed E-state index contributed by atoms with van der Waals surface area (Å²) < 4.78 is 4.22. The normalized spacial score (nSPS) is 12.7. The van der Waals surface area contributed by atoms with Gasteiger partial charge in [-0.2, -0.15) is 4.37 Å². The van der Waals surface area contributed by atoms with Crippen molar-refractivity contribution in [3.8, 4) is 0 Å². The highest BCUT2D eigenvalue weighted by molar-refractivity contribution is 7.09. The second-order valence-corrected chi connectivity index (χ2v) is 5.54. The van der Waals surface area contributed by atoms with Gasteiger partial charge < -0.3 is 10.4 Å². The van der Waals surface area contributed by atoms with Crippen LogP contribution in [-0.2, 0) is 11.2 Å². The zero-order valence-corrected chi connectivity index (χ0v) is 12.0. The first-order valence-electron chi connectivity index (χ1n) is 6.34. The molecule has 0 aromatic carbocycles. The van der Waals surface area contributed by atoms with Crippen LogP contribution in [0, 0.1) is 5.92 Å². The van der Waals surface area contributed by atoms with Crippen molar-refractivity contribution in [3.05, 3.63) is 5.82 Å². The maximum atomic E-state index is 11.1. The van der Waals surface area contributed by atoms with Crippen LogP contribution in [-0.4, -0.2) is 26.5 Å². The van der Waals surface area contributed by atoms with E-state index in [0.717, 1.165) is 25.1 Å². The van der Waals surface area contributed by atoms with Gasteiger partial charge in [0.05, 0.1) is 0 Å². The Labute approximate surface area is 112 Å². The van der Waals surface area contributed by atoms with Gasteiger partial charge in [-0.05, 0) is 12.3 Å². The summed E-state index contributed by atoms with van der Waals surface area (Å²) in [7, 11) is 0. The molecule has 6 heteroatoms. The zero-order chi connectivity index (χ0) is 13.5. The standard InChI is InChI=1S/C12H21N3O2S/c1-4-5-6-9(11(16)17)13-12-14-10(15-18-12)7-8(2)3/h8-9H,4-7H2,1-3H3,(H,16,17)(H,13,14,15). The predicted octanol–water partition coefficient (Wildman–Crippen LogP) is 2.79. The summed E-state index contributed by atoms with van der Waals surface area (Å²) in [5.41, 5.74) is 0. The number of aliphatic carboxylic acids is 1. The molecule has 102 valence electrons. The lowest BCUT2D eigenvalue weighted by Gasteiger charge is -2.12. The summed E-state index contributed by atoms with van der Waals surface area (Å²) in [4.78, 5) is 15.4. The van der Waals surface area contributed by atoms with Gasteiger partial charge in [-0.3, -0.25) is 0 Å². The molecule has 0 radical (unpaired) electrons. The molecule has 18 heavy (non-hydrogen) atoms. The molecular formula is C12H21N3O2S. The first kappa shape index (κ1) is 14.9. The molecule has 0 aliphatic carbocycles. The number of nitrogens with zero attached hydrogens (tertiary/aromatic N) is 2. The number of carboxylic acid groups (broad SMARTS) is 1. The average molecular weight is 271 g/mol. The van der Waals surface area contributed by atoms with Gasteiger partial charge in [0.1, 0.15) is 11.9 Å². The number of carboxylic acids is 1. The molecule has 1 heterocycles. The maximum Gasteiger partial charge on any atom is 0.326 e. The van der Waals surface area contributed by atoms with Crippen molar-refractivity contribution in [1.29, 1.82) is 0 Å². The van der Waals surface area contributed by atoms with E-state index in [-0.39, 0.29) is 0 Å². The molecule has 0 saturated carbocycles. The predicted molar refractivity (Wildman–Crippen MR) is 73.0 cm³/mol. The molecule has 0 saturated heterocycles. The van der Waals surface area contributed by atoms with E-state index in [2.05, 4.69) is 28.5 Å². The molecule has 1 atom stereocenters. The van der Waals surface area contributed by atoms with Gasteiger partial charge in [0.2, 0.25) is 5.13 Å². The lowest BCUT2D eigenvalue weighted by atomic mass is 10.1. The number of unbranched alkanes of at least 4 members (excludes halogenated alkanes) is 1. The Morgan fingerprint density at radius 3 is 2.78 bits per heavy atom. The van der Waals surface area contributed by atoms with Gasteiger partial charge in [-0.15, -0.1) is 0 Å². The van der Waals surface area contributed by atoms with Crippen molar-refractivity contribution in [2.24, 2.45) is 5.92 Å². The van der Waals surface area contributed by atoms with E-state index in [4.69, 9.17) is 5.11 Å². The fraction of sp³-hybridized carbons (Fsp3) is 0.750. The molecule has 0 fully saturated rings. The molecule has 0 amide bonds. The Hall–Kier alpha value is -1.17. The van der Waals surface area contributed by atoms with E-state index in [1.165, 1.54) is 11.5 Å². The maximum absolute atomic E-state index is 11.1. The van der Waals surface area contributed by atoms with Crippen molar-refractivity contribution in [1.82, 2.24) is 9.36 Å². The van der Waals surface area contributed by atoms with Gasteiger partial charge in [0, 0.05) is 18.0 Å². The summed E-state index contributed by atoms with van der Waals surface area (Å²) in [5, 5.41) is 12.7. The molecule has 1 rings (SSSR count). The molecule has 2 N–H and O–H groups in total. The van der Waals surface area contributed by atoms with Gasteiger partial charge >= 0.3 is 5.97 Å². The average Bonchev–Trinajstić information content (AvgIpc) is 2.70. The molecule has 1 unspecified atom stereocenters. The van der Waals surface area contributed by atoms with Gasteiger partial charge in [0.25, 0.3) is 0 Å². The minimum atomic E-state index is -0.830. The highest BCUT2D eigenvalue weighted by Gasteiger charge is 2.18. The summed E-state index contributed by atoms with van der Waals surface area (Å²) in [6, 6.07) is -0.565. The third-order valence-corrected chi connectivity index (χ3v) is 3.19. The number of nitrogens with one attached hydrogen (secondary N) is 1. The second kappa shape index (κ2) is 7.31. The molecule has 0 aliphatic heterocycles. The number of hydrogen-bond donors (Lipinski definition) is 2. The SMILES string of the molecule is CCCCC(Nc1nc(CC(C)C)ns1)C(=O)O. The summed E-state index contributed by atoms with van der Waals surface area (Å²) >= 11 is 1.24. The van der Waals surface area contributed by atoms with Crippen LogP contribution in [0.5, 0.6) is 0 Å². The second-order valence-electron chi connectivity index (χ2n) is 4.79. The van der Waals surface area contributed by atoms with Crippen molar-refractivity contribution < 1.29 is 9.90 Å². The quantitative estimate of drug-likeness (QED) is 0.760. The van der Waals surface area contributed by atoms with Gasteiger partial charge in [0.15, 0.2) is 0 Å². The topological polar surface area (TPSA) is 75.1 Å². The number of rotatable bonds is 8.